The number of rotatable bonds is 2. The van der Waals surface area contributed by atoms with Gasteiger partial charge in [0.2, 0.25) is 0 Å². The monoisotopic (exact) mass is 260 g/mol. The van der Waals surface area contributed by atoms with Gasteiger partial charge in [0.25, 0.3) is 0 Å². The maximum atomic E-state index is 13.0. The fraction of sp³-hybridized carbons (Fsp3) is 0. The van der Waals surface area contributed by atoms with Crippen LogP contribution >= 0.6 is 11.3 Å². The minimum atomic E-state index is -0.324. The molecule has 1 aromatic heterocycles. The first-order valence-electron chi connectivity index (χ1n) is 5.30. The molecule has 3 rings (SSSR count). The largest absolute Gasteiger partial charge is 0.457 e. The number of hydrogen-bond donors (Lipinski definition) is 1. The van der Waals surface area contributed by atoms with Crippen LogP contribution in [0, 0.1) is 5.82 Å². The lowest BCUT2D eigenvalue weighted by Crippen LogP contribution is -1.84. The number of nitrogen functional groups attached to an aromatic ring is 1. The standard InChI is InChI=1S/C13H9FN2OS/c14-8-2-1-3-9(6-8)17-10-4-5-11-12(7-10)18-13(15)16-11/h1-7H,(H2,15,16). The fourth-order valence-electron chi connectivity index (χ4n) is 1.65. The van der Waals surface area contributed by atoms with Gasteiger partial charge in [-0.25, -0.2) is 9.37 Å². The molecule has 3 aromatic rings. The molecule has 0 aliphatic heterocycles. The Morgan fingerprint density at radius 3 is 2.78 bits per heavy atom. The van der Waals surface area contributed by atoms with E-state index in [2.05, 4.69) is 4.98 Å². The number of aromatic nitrogens is 1. The first-order chi connectivity index (χ1) is 8.70. The average Bonchev–Trinajstić information content (AvgIpc) is 2.68. The highest BCUT2D eigenvalue weighted by molar-refractivity contribution is 7.22. The molecule has 0 saturated carbocycles. The molecule has 0 amide bonds. The van der Waals surface area contributed by atoms with Gasteiger partial charge in [0.05, 0.1) is 10.2 Å². The van der Waals surface area contributed by atoms with E-state index in [9.17, 15) is 4.39 Å². The third kappa shape index (κ3) is 2.12. The first-order valence-corrected chi connectivity index (χ1v) is 6.12. The second-order valence-electron chi connectivity index (χ2n) is 3.74. The van der Waals surface area contributed by atoms with E-state index in [4.69, 9.17) is 10.5 Å². The molecule has 0 aliphatic rings. The van der Waals surface area contributed by atoms with Gasteiger partial charge >= 0.3 is 0 Å². The zero-order chi connectivity index (χ0) is 12.5. The number of halogens is 1. The highest BCUT2D eigenvalue weighted by Gasteiger charge is 2.04. The molecule has 0 saturated heterocycles. The summed E-state index contributed by atoms with van der Waals surface area (Å²) >= 11 is 1.39. The number of fused-ring (bicyclic) bond motifs is 1. The number of nitrogens with two attached hydrogens (primary N) is 1. The lowest BCUT2D eigenvalue weighted by atomic mass is 10.3. The van der Waals surface area contributed by atoms with E-state index in [1.807, 2.05) is 12.1 Å². The van der Waals surface area contributed by atoms with Gasteiger partial charge in [-0.15, -0.1) is 0 Å². The predicted octanol–water partition coefficient (Wildman–Crippen LogP) is 3.81. The molecular formula is C13H9FN2OS. The number of ether oxygens (including phenoxy) is 1. The molecular weight excluding hydrogens is 251 g/mol. The molecule has 0 bridgehead atoms. The molecule has 0 radical (unpaired) electrons. The summed E-state index contributed by atoms with van der Waals surface area (Å²) in [7, 11) is 0. The zero-order valence-corrected chi connectivity index (χ0v) is 10.1. The summed E-state index contributed by atoms with van der Waals surface area (Å²) in [6, 6.07) is 11.5. The van der Waals surface area contributed by atoms with Gasteiger partial charge in [-0.05, 0) is 24.3 Å². The number of hydrogen-bond acceptors (Lipinski definition) is 4. The van der Waals surface area contributed by atoms with Gasteiger partial charge in [-0.1, -0.05) is 17.4 Å². The number of anilines is 1. The van der Waals surface area contributed by atoms with Crippen molar-refractivity contribution in [3.8, 4) is 11.5 Å². The summed E-state index contributed by atoms with van der Waals surface area (Å²) < 4.78 is 19.5. The van der Waals surface area contributed by atoms with Gasteiger partial charge < -0.3 is 10.5 Å². The van der Waals surface area contributed by atoms with Crippen LogP contribution in [-0.4, -0.2) is 4.98 Å². The Kier molecular flexibility index (Phi) is 2.60. The Balaban J connectivity index is 1.94. The van der Waals surface area contributed by atoms with Crippen molar-refractivity contribution in [2.45, 2.75) is 0 Å². The molecule has 5 heteroatoms. The molecule has 0 atom stereocenters. The lowest BCUT2D eigenvalue weighted by Gasteiger charge is -2.05. The molecule has 0 aliphatic carbocycles. The minimum Gasteiger partial charge on any atom is -0.457 e. The van der Waals surface area contributed by atoms with Crippen molar-refractivity contribution in [2.75, 3.05) is 5.73 Å². The second kappa shape index (κ2) is 4.27. The molecule has 0 unspecified atom stereocenters. The Labute approximate surface area is 107 Å². The summed E-state index contributed by atoms with van der Waals surface area (Å²) in [5.41, 5.74) is 6.47. The Morgan fingerprint density at radius 2 is 1.94 bits per heavy atom. The summed E-state index contributed by atoms with van der Waals surface area (Å²) in [4.78, 5) is 4.16. The summed E-state index contributed by atoms with van der Waals surface area (Å²) in [6.07, 6.45) is 0. The van der Waals surface area contributed by atoms with Crippen molar-refractivity contribution in [2.24, 2.45) is 0 Å². The van der Waals surface area contributed by atoms with Crippen molar-refractivity contribution in [1.82, 2.24) is 4.98 Å². The third-order valence-corrected chi connectivity index (χ3v) is 3.26. The van der Waals surface area contributed by atoms with Crippen LogP contribution in [0.3, 0.4) is 0 Å². The average molecular weight is 260 g/mol. The van der Waals surface area contributed by atoms with Gasteiger partial charge in [0.15, 0.2) is 5.13 Å². The molecule has 18 heavy (non-hydrogen) atoms. The van der Waals surface area contributed by atoms with E-state index >= 15 is 0 Å². The van der Waals surface area contributed by atoms with Crippen molar-refractivity contribution in [1.29, 1.82) is 0 Å². The van der Waals surface area contributed by atoms with Gasteiger partial charge in [0.1, 0.15) is 17.3 Å². The maximum absolute atomic E-state index is 13.0. The molecule has 2 aromatic carbocycles. The van der Waals surface area contributed by atoms with Crippen molar-refractivity contribution >= 4 is 26.7 Å². The van der Waals surface area contributed by atoms with E-state index in [1.54, 1.807) is 18.2 Å². The second-order valence-corrected chi connectivity index (χ2v) is 4.80. The smallest absolute Gasteiger partial charge is 0.181 e. The number of nitrogens with zero attached hydrogens (tertiary/aromatic N) is 1. The SMILES string of the molecule is Nc1nc2ccc(Oc3cccc(F)c3)cc2s1. The van der Waals surface area contributed by atoms with Crippen LogP contribution in [0.5, 0.6) is 11.5 Å². The molecule has 90 valence electrons. The Bertz CT molecular complexity index is 711. The number of thiazole rings is 1. The molecule has 3 nitrogen and oxygen atoms in total. The van der Waals surface area contributed by atoms with Crippen LogP contribution in [0.1, 0.15) is 0 Å². The topological polar surface area (TPSA) is 48.1 Å². The fourth-order valence-corrected chi connectivity index (χ4v) is 2.42. The Hall–Kier alpha value is -2.14. The van der Waals surface area contributed by atoms with Crippen LogP contribution in [0.15, 0.2) is 42.5 Å². The van der Waals surface area contributed by atoms with E-state index in [1.165, 1.54) is 23.5 Å². The van der Waals surface area contributed by atoms with Gasteiger partial charge in [-0.2, -0.15) is 0 Å². The summed E-state index contributed by atoms with van der Waals surface area (Å²) in [6.45, 7) is 0. The zero-order valence-electron chi connectivity index (χ0n) is 9.26. The quantitative estimate of drug-likeness (QED) is 0.762. The molecule has 0 fully saturated rings. The molecule has 0 spiro atoms. The van der Waals surface area contributed by atoms with E-state index in [0.717, 1.165) is 10.2 Å². The highest BCUT2D eigenvalue weighted by atomic mass is 32.1. The predicted molar refractivity (Wildman–Crippen MR) is 70.5 cm³/mol. The van der Waals surface area contributed by atoms with E-state index in [0.29, 0.717) is 16.6 Å². The van der Waals surface area contributed by atoms with Crippen LogP contribution in [0.25, 0.3) is 10.2 Å². The summed E-state index contributed by atoms with van der Waals surface area (Å²) in [5, 5.41) is 0.521. The van der Waals surface area contributed by atoms with Gasteiger partial charge in [0, 0.05) is 12.1 Å². The van der Waals surface area contributed by atoms with Crippen LogP contribution in [-0.2, 0) is 0 Å². The Morgan fingerprint density at radius 1 is 1.11 bits per heavy atom. The highest BCUT2D eigenvalue weighted by Crippen LogP contribution is 2.30. The van der Waals surface area contributed by atoms with Gasteiger partial charge in [-0.3, -0.25) is 0 Å². The van der Waals surface area contributed by atoms with Crippen molar-refractivity contribution in [3.05, 3.63) is 48.3 Å². The summed E-state index contributed by atoms with van der Waals surface area (Å²) in [5.74, 6) is 0.777. The first kappa shape index (κ1) is 11.0. The maximum Gasteiger partial charge on any atom is 0.181 e. The molecule has 1 heterocycles. The normalized spacial score (nSPS) is 10.7. The minimum absolute atomic E-state index is 0.324. The van der Waals surface area contributed by atoms with Crippen LogP contribution < -0.4 is 10.5 Å². The lowest BCUT2D eigenvalue weighted by molar-refractivity contribution is 0.477. The molecule has 2 N–H and O–H groups in total. The van der Waals surface area contributed by atoms with Crippen molar-refractivity contribution in [3.63, 3.8) is 0 Å². The third-order valence-electron chi connectivity index (χ3n) is 2.41. The number of benzene rings is 2. The van der Waals surface area contributed by atoms with Crippen LogP contribution in [0.4, 0.5) is 9.52 Å². The van der Waals surface area contributed by atoms with E-state index in [-0.39, 0.29) is 5.82 Å². The van der Waals surface area contributed by atoms with E-state index < -0.39 is 0 Å². The van der Waals surface area contributed by atoms with Crippen LogP contribution in [0.2, 0.25) is 0 Å². The van der Waals surface area contributed by atoms with Crippen molar-refractivity contribution < 1.29 is 9.13 Å².